The number of nitrogens with zero attached hydrogens (tertiary/aromatic N) is 3. The third-order valence-corrected chi connectivity index (χ3v) is 4.55. The molecule has 0 aliphatic rings. The molecule has 0 fully saturated rings. The first-order valence-electron chi connectivity index (χ1n) is 9.13. The van der Waals surface area contributed by atoms with Gasteiger partial charge in [-0.05, 0) is 38.5 Å². The Morgan fingerprint density at radius 2 is 1.93 bits per heavy atom. The van der Waals surface area contributed by atoms with Gasteiger partial charge in [0.15, 0.2) is 0 Å². The number of esters is 1. The van der Waals surface area contributed by atoms with E-state index in [9.17, 15) is 9.59 Å². The molecule has 3 rings (SSSR count). The van der Waals surface area contributed by atoms with Crippen molar-refractivity contribution in [1.82, 2.24) is 19.7 Å². The van der Waals surface area contributed by atoms with Crippen LogP contribution in [0.15, 0.2) is 42.7 Å². The Labute approximate surface area is 163 Å². The average Bonchev–Trinajstić information content (AvgIpc) is 3.26. The van der Waals surface area contributed by atoms with Gasteiger partial charge in [0.1, 0.15) is 5.69 Å². The molecule has 0 radical (unpaired) electrons. The van der Waals surface area contributed by atoms with Gasteiger partial charge in [-0.3, -0.25) is 4.79 Å². The third kappa shape index (κ3) is 3.83. The Morgan fingerprint density at radius 3 is 2.61 bits per heavy atom. The van der Waals surface area contributed by atoms with Crippen molar-refractivity contribution in [3.8, 4) is 5.69 Å². The number of aromatic nitrogens is 3. The van der Waals surface area contributed by atoms with E-state index in [2.05, 4.69) is 10.1 Å². The second kappa shape index (κ2) is 8.12. The van der Waals surface area contributed by atoms with Crippen LogP contribution in [0.25, 0.3) is 5.69 Å². The van der Waals surface area contributed by atoms with Crippen LogP contribution >= 0.6 is 0 Å². The largest absolute Gasteiger partial charge is 0.462 e. The van der Waals surface area contributed by atoms with Gasteiger partial charge in [0.05, 0.1) is 24.1 Å². The lowest BCUT2D eigenvalue weighted by Crippen LogP contribution is -2.27. The van der Waals surface area contributed by atoms with Crippen molar-refractivity contribution < 1.29 is 14.3 Å². The fraction of sp³-hybridized carbons (Fsp3) is 0.286. The van der Waals surface area contributed by atoms with E-state index in [0.29, 0.717) is 29.1 Å². The van der Waals surface area contributed by atoms with E-state index < -0.39 is 5.97 Å². The number of aromatic amines is 1. The quantitative estimate of drug-likeness (QED) is 0.666. The van der Waals surface area contributed by atoms with Gasteiger partial charge in [-0.15, -0.1) is 0 Å². The third-order valence-electron chi connectivity index (χ3n) is 4.55. The van der Waals surface area contributed by atoms with Crippen molar-refractivity contribution >= 4 is 11.9 Å². The molecule has 3 aromatic rings. The van der Waals surface area contributed by atoms with Gasteiger partial charge in [-0.25, -0.2) is 9.48 Å². The van der Waals surface area contributed by atoms with E-state index in [-0.39, 0.29) is 12.5 Å². The van der Waals surface area contributed by atoms with Crippen molar-refractivity contribution in [3.63, 3.8) is 0 Å². The lowest BCUT2D eigenvalue weighted by molar-refractivity contribution is 0.0525. The number of benzene rings is 1. The summed E-state index contributed by atoms with van der Waals surface area (Å²) < 4.78 is 6.86. The standard InChI is InChI=1S/C21H24N4O3/c1-5-28-21(27)18-14(2)19(23-15(18)3)20(26)24(4)12-16-11-22-25(13-16)17-9-7-6-8-10-17/h6-11,13,23H,5,12H2,1-4H3. The first-order chi connectivity index (χ1) is 13.4. The number of hydrogen-bond acceptors (Lipinski definition) is 4. The number of H-pyrrole nitrogens is 1. The zero-order valence-electron chi connectivity index (χ0n) is 16.5. The van der Waals surface area contributed by atoms with Crippen molar-refractivity contribution in [2.24, 2.45) is 0 Å². The van der Waals surface area contributed by atoms with Crippen LogP contribution in [-0.4, -0.2) is 45.2 Å². The highest BCUT2D eigenvalue weighted by Gasteiger charge is 2.24. The molecule has 28 heavy (non-hydrogen) atoms. The molecule has 1 amide bonds. The second-order valence-electron chi connectivity index (χ2n) is 6.64. The smallest absolute Gasteiger partial charge is 0.340 e. The van der Waals surface area contributed by atoms with Crippen LogP contribution < -0.4 is 0 Å². The number of nitrogens with one attached hydrogen (secondary N) is 1. The molecule has 0 atom stereocenters. The summed E-state index contributed by atoms with van der Waals surface area (Å²) in [5, 5.41) is 4.36. The monoisotopic (exact) mass is 380 g/mol. The summed E-state index contributed by atoms with van der Waals surface area (Å²) in [5.74, 6) is -0.608. The SMILES string of the molecule is CCOC(=O)c1c(C)[nH]c(C(=O)N(C)Cc2cnn(-c3ccccc3)c2)c1C. The van der Waals surface area contributed by atoms with E-state index in [1.165, 1.54) is 0 Å². The summed E-state index contributed by atoms with van der Waals surface area (Å²) in [6.45, 7) is 5.96. The van der Waals surface area contributed by atoms with Gasteiger partial charge in [0.25, 0.3) is 5.91 Å². The molecule has 2 heterocycles. The maximum atomic E-state index is 12.9. The molecule has 0 bridgehead atoms. The highest BCUT2D eigenvalue weighted by Crippen LogP contribution is 2.21. The molecule has 0 unspecified atom stereocenters. The van der Waals surface area contributed by atoms with E-state index in [0.717, 1.165) is 11.3 Å². The van der Waals surface area contributed by atoms with Gasteiger partial charge in [-0.2, -0.15) is 5.10 Å². The summed E-state index contributed by atoms with van der Waals surface area (Å²) in [7, 11) is 1.72. The predicted molar refractivity (Wildman–Crippen MR) is 106 cm³/mol. The molecular formula is C21H24N4O3. The predicted octanol–water partition coefficient (Wildman–Crippen LogP) is 3.27. The molecule has 146 valence electrons. The topological polar surface area (TPSA) is 80.2 Å². The molecule has 7 nitrogen and oxygen atoms in total. The maximum Gasteiger partial charge on any atom is 0.340 e. The minimum atomic E-state index is -0.417. The first kappa shape index (κ1) is 19.4. The van der Waals surface area contributed by atoms with Crippen LogP contribution in [0.5, 0.6) is 0 Å². The Kier molecular flexibility index (Phi) is 5.63. The van der Waals surface area contributed by atoms with Gasteiger partial charge >= 0.3 is 5.97 Å². The fourth-order valence-corrected chi connectivity index (χ4v) is 3.17. The number of carbonyl (C=O) groups excluding carboxylic acids is 2. The lowest BCUT2D eigenvalue weighted by atomic mass is 10.1. The van der Waals surface area contributed by atoms with E-state index >= 15 is 0 Å². The van der Waals surface area contributed by atoms with Crippen molar-refractivity contribution in [2.45, 2.75) is 27.3 Å². The first-order valence-corrected chi connectivity index (χ1v) is 9.13. The molecule has 0 aliphatic carbocycles. The summed E-state index contributed by atoms with van der Waals surface area (Å²) in [6, 6.07) is 9.78. The number of ether oxygens (including phenoxy) is 1. The molecular weight excluding hydrogens is 356 g/mol. The molecule has 0 saturated carbocycles. The Hall–Kier alpha value is -3.35. The number of rotatable bonds is 6. The Bertz CT molecular complexity index is 989. The van der Waals surface area contributed by atoms with Crippen LogP contribution in [-0.2, 0) is 11.3 Å². The number of hydrogen-bond donors (Lipinski definition) is 1. The van der Waals surface area contributed by atoms with Crippen LogP contribution in [0.4, 0.5) is 0 Å². The second-order valence-corrected chi connectivity index (χ2v) is 6.64. The number of aryl methyl sites for hydroxylation is 1. The molecule has 1 N–H and O–H groups in total. The van der Waals surface area contributed by atoms with E-state index in [4.69, 9.17) is 4.74 Å². The lowest BCUT2D eigenvalue weighted by Gasteiger charge is -2.16. The zero-order chi connectivity index (χ0) is 20.3. The molecule has 0 aliphatic heterocycles. The zero-order valence-corrected chi connectivity index (χ0v) is 16.5. The average molecular weight is 380 g/mol. The normalized spacial score (nSPS) is 10.7. The van der Waals surface area contributed by atoms with Gasteiger partial charge < -0.3 is 14.6 Å². The molecule has 0 spiro atoms. The molecule has 1 aromatic carbocycles. The van der Waals surface area contributed by atoms with E-state index in [1.807, 2.05) is 36.5 Å². The summed E-state index contributed by atoms with van der Waals surface area (Å²) in [5.41, 5.74) is 3.93. The summed E-state index contributed by atoms with van der Waals surface area (Å²) in [4.78, 5) is 29.7. The van der Waals surface area contributed by atoms with Crippen molar-refractivity contribution in [2.75, 3.05) is 13.7 Å². The van der Waals surface area contributed by atoms with Crippen LogP contribution in [0.3, 0.4) is 0 Å². The highest BCUT2D eigenvalue weighted by atomic mass is 16.5. The van der Waals surface area contributed by atoms with Gasteiger partial charge in [0.2, 0.25) is 0 Å². The maximum absolute atomic E-state index is 12.9. The van der Waals surface area contributed by atoms with Crippen molar-refractivity contribution in [1.29, 1.82) is 0 Å². The van der Waals surface area contributed by atoms with Crippen LogP contribution in [0.2, 0.25) is 0 Å². The fourth-order valence-electron chi connectivity index (χ4n) is 3.17. The summed E-state index contributed by atoms with van der Waals surface area (Å²) >= 11 is 0. The molecule has 2 aromatic heterocycles. The highest BCUT2D eigenvalue weighted by molar-refractivity contribution is 6.00. The van der Waals surface area contributed by atoms with Gasteiger partial charge in [-0.1, -0.05) is 18.2 Å². The number of para-hydroxylation sites is 1. The number of carbonyl (C=O) groups is 2. The summed E-state index contributed by atoms with van der Waals surface area (Å²) in [6.07, 6.45) is 3.64. The Morgan fingerprint density at radius 1 is 1.21 bits per heavy atom. The molecule has 0 saturated heterocycles. The number of amides is 1. The van der Waals surface area contributed by atoms with Crippen LogP contribution in [0.1, 0.15) is 44.6 Å². The van der Waals surface area contributed by atoms with E-state index in [1.54, 1.807) is 43.6 Å². The minimum Gasteiger partial charge on any atom is -0.462 e. The van der Waals surface area contributed by atoms with Crippen LogP contribution in [0, 0.1) is 13.8 Å². The minimum absolute atomic E-state index is 0.191. The van der Waals surface area contributed by atoms with Gasteiger partial charge in [0, 0.05) is 31.0 Å². The Balaban J connectivity index is 1.76. The van der Waals surface area contributed by atoms with Crippen molar-refractivity contribution in [3.05, 3.63) is 70.8 Å². The molecule has 7 heteroatoms.